The Balaban J connectivity index is 1.56. The molecular weight excluding hydrogens is 262 g/mol. The zero-order valence-corrected chi connectivity index (χ0v) is 11.3. The van der Waals surface area contributed by atoms with Gasteiger partial charge in [-0.1, -0.05) is 18.2 Å². The van der Waals surface area contributed by atoms with Crippen LogP contribution >= 0.6 is 0 Å². The number of benzene rings is 1. The van der Waals surface area contributed by atoms with Gasteiger partial charge >= 0.3 is 0 Å². The second-order valence-electron chi connectivity index (χ2n) is 5.19. The van der Waals surface area contributed by atoms with E-state index in [-0.39, 0.29) is 0 Å². The maximum Gasteiger partial charge on any atom is 0.142 e. The van der Waals surface area contributed by atoms with Crippen LogP contribution in [0.25, 0.3) is 11.0 Å². The lowest BCUT2D eigenvalue weighted by atomic mass is 10.1. The third-order valence-electron chi connectivity index (χ3n) is 3.91. The van der Waals surface area contributed by atoms with Gasteiger partial charge in [-0.05, 0) is 24.3 Å². The summed E-state index contributed by atoms with van der Waals surface area (Å²) in [6, 6.07) is 16.2. The van der Waals surface area contributed by atoms with Crippen LogP contribution in [-0.2, 0) is 0 Å². The Morgan fingerprint density at radius 1 is 1.10 bits per heavy atom. The molecule has 0 spiro atoms. The van der Waals surface area contributed by atoms with Crippen LogP contribution in [0.4, 0.5) is 5.82 Å². The van der Waals surface area contributed by atoms with Crippen LogP contribution < -0.4 is 4.90 Å². The average Bonchev–Trinajstić information content (AvgIpc) is 2.90. The van der Waals surface area contributed by atoms with E-state index in [9.17, 15) is 0 Å². The Hall–Kier alpha value is -2.87. The van der Waals surface area contributed by atoms with E-state index in [0.29, 0.717) is 11.7 Å². The lowest BCUT2D eigenvalue weighted by molar-refractivity contribution is 0.405. The molecule has 0 saturated carbocycles. The SMILES string of the molecule is N#Cc1cccc(N2CC(n3cnc4ccccc43)C2)n1. The number of para-hydroxylation sites is 2. The molecule has 0 radical (unpaired) electrons. The van der Waals surface area contributed by atoms with E-state index >= 15 is 0 Å². The Labute approximate surface area is 122 Å². The molecule has 0 bridgehead atoms. The van der Waals surface area contributed by atoms with Crippen molar-refractivity contribution >= 4 is 16.9 Å². The highest BCUT2D eigenvalue weighted by Crippen LogP contribution is 2.29. The fraction of sp³-hybridized carbons (Fsp3) is 0.188. The number of rotatable bonds is 2. The molecule has 2 aromatic heterocycles. The molecule has 0 unspecified atom stereocenters. The Kier molecular flexibility index (Phi) is 2.61. The fourth-order valence-electron chi connectivity index (χ4n) is 2.75. The zero-order chi connectivity index (χ0) is 14.2. The number of imidazole rings is 1. The van der Waals surface area contributed by atoms with Crippen LogP contribution in [0.2, 0.25) is 0 Å². The van der Waals surface area contributed by atoms with Gasteiger partial charge in [-0.2, -0.15) is 5.26 Å². The van der Waals surface area contributed by atoms with Gasteiger partial charge in [-0.15, -0.1) is 0 Å². The maximum atomic E-state index is 8.91. The monoisotopic (exact) mass is 275 g/mol. The first-order valence-electron chi connectivity index (χ1n) is 6.89. The summed E-state index contributed by atoms with van der Waals surface area (Å²) in [5.74, 6) is 0.870. The van der Waals surface area contributed by atoms with Crippen molar-refractivity contribution in [3.05, 3.63) is 54.5 Å². The number of hydrogen-bond donors (Lipinski definition) is 0. The van der Waals surface area contributed by atoms with Crippen LogP contribution in [0.1, 0.15) is 11.7 Å². The van der Waals surface area contributed by atoms with Crippen molar-refractivity contribution in [2.45, 2.75) is 6.04 Å². The summed E-state index contributed by atoms with van der Waals surface area (Å²) in [7, 11) is 0. The highest BCUT2D eigenvalue weighted by Gasteiger charge is 2.30. The largest absolute Gasteiger partial charge is 0.352 e. The number of nitriles is 1. The topological polar surface area (TPSA) is 57.7 Å². The lowest BCUT2D eigenvalue weighted by Gasteiger charge is -2.41. The minimum Gasteiger partial charge on any atom is -0.352 e. The van der Waals surface area contributed by atoms with E-state index in [1.165, 1.54) is 5.52 Å². The van der Waals surface area contributed by atoms with Gasteiger partial charge in [0, 0.05) is 13.1 Å². The summed E-state index contributed by atoms with van der Waals surface area (Å²) >= 11 is 0. The fourth-order valence-corrected chi connectivity index (χ4v) is 2.75. The molecule has 21 heavy (non-hydrogen) atoms. The van der Waals surface area contributed by atoms with Crippen molar-refractivity contribution in [3.63, 3.8) is 0 Å². The first-order valence-corrected chi connectivity index (χ1v) is 6.89. The molecule has 1 aliphatic rings. The number of fused-ring (bicyclic) bond motifs is 1. The van der Waals surface area contributed by atoms with Crippen LogP contribution in [0.3, 0.4) is 0 Å². The third kappa shape index (κ3) is 1.93. The molecule has 0 aliphatic carbocycles. The summed E-state index contributed by atoms with van der Waals surface area (Å²) in [5, 5.41) is 8.91. The molecular formula is C16H13N5. The van der Waals surface area contributed by atoms with Gasteiger partial charge < -0.3 is 9.47 Å². The summed E-state index contributed by atoms with van der Waals surface area (Å²) in [6.07, 6.45) is 1.91. The molecule has 5 nitrogen and oxygen atoms in total. The van der Waals surface area contributed by atoms with E-state index in [1.807, 2.05) is 36.7 Å². The van der Waals surface area contributed by atoms with Crippen LogP contribution in [-0.4, -0.2) is 27.6 Å². The minimum atomic E-state index is 0.407. The van der Waals surface area contributed by atoms with E-state index in [4.69, 9.17) is 5.26 Å². The molecule has 4 rings (SSSR count). The molecule has 1 fully saturated rings. The van der Waals surface area contributed by atoms with Crippen molar-refractivity contribution in [2.24, 2.45) is 0 Å². The summed E-state index contributed by atoms with van der Waals surface area (Å²) in [4.78, 5) is 10.9. The van der Waals surface area contributed by atoms with Gasteiger partial charge in [0.1, 0.15) is 17.6 Å². The molecule has 0 atom stereocenters. The van der Waals surface area contributed by atoms with Crippen LogP contribution in [0.5, 0.6) is 0 Å². The van der Waals surface area contributed by atoms with Crippen molar-refractivity contribution in [2.75, 3.05) is 18.0 Å². The second kappa shape index (κ2) is 4.60. The Morgan fingerprint density at radius 3 is 2.81 bits per heavy atom. The quantitative estimate of drug-likeness (QED) is 0.720. The van der Waals surface area contributed by atoms with E-state index in [0.717, 1.165) is 24.4 Å². The van der Waals surface area contributed by atoms with Crippen molar-refractivity contribution in [3.8, 4) is 6.07 Å². The van der Waals surface area contributed by atoms with Gasteiger partial charge in [0.25, 0.3) is 0 Å². The van der Waals surface area contributed by atoms with Gasteiger partial charge in [0.15, 0.2) is 0 Å². The van der Waals surface area contributed by atoms with E-state index in [2.05, 4.69) is 31.6 Å². The number of hydrogen-bond acceptors (Lipinski definition) is 4. The minimum absolute atomic E-state index is 0.407. The number of aromatic nitrogens is 3. The number of pyridine rings is 1. The van der Waals surface area contributed by atoms with Crippen molar-refractivity contribution in [1.82, 2.24) is 14.5 Å². The molecule has 5 heteroatoms. The highest BCUT2D eigenvalue weighted by molar-refractivity contribution is 5.75. The highest BCUT2D eigenvalue weighted by atomic mass is 15.3. The lowest BCUT2D eigenvalue weighted by Crippen LogP contribution is -2.48. The van der Waals surface area contributed by atoms with Gasteiger partial charge in [-0.25, -0.2) is 9.97 Å². The number of anilines is 1. The molecule has 102 valence electrons. The smallest absolute Gasteiger partial charge is 0.142 e. The van der Waals surface area contributed by atoms with Gasteiger partial charge in [0.05, 0.1) is 23.4 Å². The standard InChI is InChI=1S/C16H13N5/c17-8-12-4-3-7-16(19-12)20-9-13(10-20)21-11-18-14-5-1-2-6-15(14)21/h1-7,11,13H,9-10H2. The molecule has 1 aliphatic heterocycles. The molecule has 0 amide bonds. The molecule has 1 aromatic carbocycles. The number of nitrogens with zero attached hydrogens (tertiary/aromatic N) is 5. The maximum absolute atomic E-state index is 8.91. The molecule has 3 aromatic rings. The average molecular weight is 275 g/mol. The van der Waals surface area contributed by atoms with E-state index in [1.54, 1.807) is 6.07 Å². The summed E-state index contributed by atoms with van der Waals surface area (Å²) in [5.41, 5.74) is 2.66. The van der Waals surface area contributed by atoms with Crippen molar-refractivity contribution in [1.29, 1.82) is 5.26 Å². The molecule has 3 heterocycles. The van der Waals surface area contributed by atoms with Crippen LogP contribution in [0, 0.1) is 11.3 Å². The molecule has 1 saturated heterocycles. The predicted molar refractivity (Wildman–Crippen MR) is 79.9 cm³/mol. The predicted octanol–water partition coefficient (Wildman–Crippen LogP) is 2.36. The summed E-state index contributed by atoms with van der Waals surface area (Å²) < 4.78 is 2.22. The summed E-state index contributed by atoms with van der Waals surface area (Å²) in [6.45, 7) is 1.78. The zero-order valence-electron chi connectivity index (χ0n) is 11.3. The molecule has 0 N–H and O–H groups in total. The van der Waals surface area contributed by atoms with Gasteiger partial charge in [-0.3, -0.25) is 0 Å². The van der Waals surface area contributed by atoms with Crippen LogP contribution in [0.15, 0.2) is 48.8 Å². The van der Waals surface area contributed by atoms with Gasteiger partial charge in [0.2, 0.25) is 0 Å². The Morgan fingerprint density at radius 2 is 1.95 bits per heavy atom. The third-order valence-corrected chi connectivity index (χ3v) is 3.91. The Bertz CT molecular complexity index is 839. The normalized spacial score (nSPS) is 14.9. The van der Waals surface area contributed by atoms with E-state index < -0.39 is 0 Å². The first-order chi connectivity index (χ1) is 10.3. The van der Waals surface area contributed by atoms with Crippen molar-refractivity contribution < 1.29 is 0 Å². The second-order valence-corrected chi connectivity index (χ2v) is 5.19. The first kappa shape index (κ1) is 11.9.